The van der Waals surface area contributed by atoms with Crippen LogP contribution in [0.5, 0.6) is 0 Å². The van der Waals surface area contributed by atoms with Crippen molar-refractivity contribution in [3.63, 3.8) is 0 Å². The Morgan fingerprint density at radius 1 is 1.59 bits per heavy atom. The van der Waals surface area contributed by atoms with Crippen LogP contribution in [0.2, 0.25) is 0 Å². The van der Waals surface area contributed by atoms with E-state index in [1.165, 1.54) is 0 Å². The number of alkyl halides is 3. The lowest BCUT2D eigenvalue weighted by molar-refractivity contribution is -0.138. The van der Waals surface area contributed by atoms with Gasteiger partial charge in [0.1, 0.15) is 0 Å². The fourth-order valence-electron chi connectivity index (χ4n) is 1.10. The van der Waals surface area contributed by atoms with Crippen molar-refractivity contribution in [1.29, 1.82) is 0 Å². The topological polar surface area (TPSA) is 74.6 Å². The molecule has 0 radical (unpaired) electrons. The first kappa shape index (κ1) is 12.9. The third-order valence-electron chi connectivity index (χ3n) is 1.81. The molecule has 5 nitrogen and oxygen atoms in total. The predicted octanol–water partition coefficient (Wildman–Crippen LogP) is 1.29. The van der Waals surface area contributed by atoms with Gasteiger partial charge < -0.3 is 10.5 Å². The standard InChI is InChI=1S/C9H8F3N3O2/c10-9(11,12)7-1-2-13-5-6(7)8(16)14-3-4-15-17/h1-2,4-5,17H,3H2,(H,14,16)/b15-4+. The van der Waals surface area contributed by atoms with E-state index in [2.05, 4.69) is 15.5 Å². The van der Waals surface area contributed by atoms with Gasteiger partial charge in [0.25, 0.3) is 5.91 Å². The average molecular weight is 247 g/mol. The number of aromatic nitrogens is 1. The zero-order chi connectivity index (χ0) is 12.9. The maximum Gasteiger partial charge on any atom is 0.417 e. The quantitative estimate of drug-likeness (QED) is 0.480. The van der Waals surface area contributed by atoms with Gasteiger partial charge in [0.2, 0.25) is 0 Å². The molecule has 0 aliphatic heterocycles. The maximum atomic E-state index is 12.5. The highest BCUT2D eigenvalue weighted by atomic mass is 19.4. The summed E-state index contributed by atoms with van der Waals surface area (Å²) in [5, 5.41) is 12.8. The number of hydrogen-bond donors (Lipinski definition) is 2. The van der Waals surface area contributed by atoms with E-state index < -0.39 is 23.2 Å². The minimum atomic E-state index is -4.62. The summed E-state index contributed by atoms with van der Waals surface area (Å²) in [6.07, 6.45) is -1.91. The highest BCUT2D eigenvalue weighted by molar-refractivity contribution is 5.96. The number of nitrogens with one attached hydrogen (secondary N) is 1. The minimum Gasteiger partial charge on any atom is -0.411 e. The number of rotatable bonds is 3. The van der Waals surface area contributed by atoms with Crippen LogP contribution in [-0.2, 0) is 6.18 Å². The number of nitrogens with zero attached hydrogens (tertiary/aromatic N) is 2. The van der Waals surface area contributed by atoms with Gasteiger partial charge in [-0.2, -0.15) is 13.2 Å². The number of amides is 1. The van der Waals surface area contributed by atoms with Crippen molar-refractivity contribution in [3.05, 3.63) is 29.6 Å². The molecule has 0 saturated heterocycles. The average Bonchev–Trinajstić information content (AvgIpc) is 2.28. The highest BCUT2D eigenvalue weighted by Crippen LogP contribution is 2.31. The van der Waals surface area contributed by atoms with Crippen molar-refractivity contribution in [2.24, 2.45) is 5.16 Å². The number of hydrogen-bond acceptors (Lipinski definition) is 4. The third kappa shape index (κ3) is 3.44. The largest absolute Gasteiger partial charge is 0.417 e. The first-order valence-electron chi connectivity index (χ1n) is 4.42. The van der Waals surface area contributed by atoms with Crippen LogP contribution in [-0.4, -0.2) is 28.9 Å². The summed E-state index contributed by atoms with van der Waals surface area (Å²) < 4.78 is 37.6. The van der Waals surface area contributed by atoms with E-state index in [0.717, 1.165) is 24.7 Å². The van der Waals surface area contributed by atoms with Crippen molar-refractivity contribution in [3.8, 4) is 0 Å². The molecule has 92 valence electrons. The highest BCUT2D eigenvalue weighted by Gasteiger charge is 2.35. The van der Waals surface area contributed by atoms with Crippen LogP contribution in [0.4, 0.5) is 13.2 Å². The second-order valence-electron chi connectivity index (χ2n) is 2.93. The lowest BCUT2D eigenvalue weighted by Gasteiger charge is -2.11. The number of carbonyl (C=O) groups is 1. The van der Waals surface area contributed by atoms with Crippen LogP contribution in [0.25, 0.3) is 0 Å². The fourth-order valence-corrected chi connectivity index (χ4v) is 1.10. The summed E-state index contributed by atoms with van der Waals surface area (Å²) in [4.78, 5) is 14.9. The Hall–Kier alpha value is -2.12. The van der Waals surface area contributed by atoms with Crippen molar-refractivity contribution >= 4 is 12.1 Å². The molecule has 0 spiro atoms. The van der Waals surface area contributed by atoms with Crippen LogP contribution < -0.4 is 5.32 Å². The molecule has 1 heterocycles. The molecule has 0 aliphatic carbocycles. The minimum absolute atomic E-state index is 0.179. The molecule has 0 saturated carbocycles. The van der Waals surface area contributed by atoms with E-state index in [0.29, 0.717) is 0 Å². The van der Waals surface area contributed by atoms with Crippen molar-refractivity contribution in [1.82, 2.24) is 10.3 Å². The number of carbonyl (C=O) groups excluding carboxylic acids is 1. The van der Waals surface area contributed by atoms with E-state index in [9.17, 15) is 18.0 Å². The first-order valence-corrected chi connectivity index (χ1v) is 4.42. The molecule has 2 N–H and O–H groups in total. The Morgan fingerprint density at radius 3 is 2.88 bits per heavy atom. The van der Waals surface area contributed by atoms with Crippen molar-refractivity contribution in [2.45, 2.75) is 6.18 Å². The van der Waals surface area contributed by atoms with E-state index in [1.807, 2.05) is 0 Å². The summed E-state index contributed by atoms with van der Waals surface area (Å²) in [6.45, 7) is -0.179. The summed E-state index contributed by atoms with van der Waals surface area (Å²) in [6, 6.07) is 0.717. The van der Waals surface area contributed by atoms with Gasteiger partial charge in [0.05, 0.1) is 23.9 Å². The summed E-state index contributed by atoms with van der Waals surface area (Å²) in [5.41, 5.74) is -1.64. The SMILES string of the molecule is O=C(NC/C=N/O)c1cnccc1C(F)(F)F. The molecule has 0 bridgehead atoms. The molecule has 1 aromatic rings. The Bertz CT molecular complexity index is 432. The van der Waals surface area contributed by atoms with Crippen LogP contribution in [0, 0.1) is 0 Å². The second-order valence-corrected chi connectivity index (χ2v) is 2.93. The molecular formula is C9H8F3N3O2. The van der Waals surface area contributed by atoms with Gasteiger partial charge in [0.15, 0.2) is 0 Å². The van der Waals surface area contributed by atoms with E-state index >= 15 is 0 Å². The molecule has 17 heavy (non-hydrogen) atoms. The van der Waals surface area contributed by atoms with Gasteiger partial charge in [-0.15, -0.1) is 5.16 Å². The van der Waals surface area contributed by atoms with Gasteiger partial charge in [-0.05, 0) is 6.07 Å². The summed E-state index contributed by atoms with van der Waals surface area (Å²) >= 11 is 0. The van der Waals surface area contributed by atoms with Crippen LogP contribution in [0.1, 0.15) is 15.9 Å². The lowest BCUT2D eigenvalue weighted by atomic mass is 10.1. The smallest absolute Gasteiger partial charge is 0.411 e. The van der Waals surface area contributed by atoms with Gasteiger partial charge >= 0.3 is 6.18 Å². The molecule has 1 rings (SSSR count). The second kappa shape index (κ2) is 5.28. The molecule has 0 unspecified atom stereocenters. The van der Waals surface area contributed by atoms with Gasteiger partial charge in [0, 0.05) is 12.4 Å². The van der Waals surface area contributed by atoms with E-state index in [1.54, 1.807) is 0 Å². The molecule has 0 fully saturated rings. The summed E-state index contributed by atoms with van der Waals surface area (Å²) in [5.74, 6) is -0.940. The number of halogens is 3. The number of oxime groups is 1. The van der Waals surface area contributed by atoms with Crippen LogP contribution in [0.3, 0.4) is 0 Å². The zero-order valence-electron chi connectivity index (χ0n) is 8.40. The fraction of sp³-hybridized carbons (Fsp3) is 0.222. The van der Waals surface area contributed by atoms with E-state index in [4.69, 9.17) is 5.21 Å². The van der Waals surface area contributed by atoms with Gasteiger partial charge in [-0.3, -0.25) is 9.78 Å². The zero-order valence-corrected chi connectivity index (χ0v) is 8.40. The molecule has 1 aromatic heterocycles. The Labute approximate surface area is 94.0 Å². The molecule has 0 atom stereocenters. The van der Waals surface area contributed by atoms with Crippen LogP contribution in [0.15, 0.2) is 23.6 Å². The maximum absolute atomic E-state index is 12.5. The Kier molecular flexibility index (Phi) is 4.02. The molecule has 0 aliphatic rings. The summed E-state index contributed by atoms with van der Waals surface area (Å²) in [7, 11) is 0. The lowest BCUT2D eigenvalue weighted by Crippen LogP contribution is -2.27. The Morgan fingerprint density at radius 2 is 2.29 bits per heavy atom. The van der Waals surface area contributed by atoms with Crippen LogP contribution >= 0.6 is 0 Å². The molecule has 0 aromatic carbocycles. The van der Waals surface area contributed by atoms with Crippen molar-refractivity contribution < 1.29 is 23.2 Å². The Balaban J connectivity index is 2.94. The van der Waals surface area contributed by atoms with E-state index in [-0.39, 0.29) is 6.54 Å². The number of pyridine rings is 1. The van der Waals surface area contributed by atoms with Gasteiger partial charge in [-0.1, -0.05) is 0 Å². The van der Waals surface area contributed by atoms with Gasteiger partial charge in [-0.25, -0.2) is 0 Å². The van der Waals surface area contributed by atoms with Crippen molar-refractivity contribution in [2.75, 3.05) is 6.54 Å². The first-order chi connectivity index (χ1) is 7.96. The molecular weight excluding hydrogens is 239 g/mol. The molecule has 1 amide bonds. The normalized spacial score (nSPS) is 11.7. The molecule has 8 heteroatoms. The predicted molar refractivity (Wildman–Crippen MR) is 51.9 cm³/mol. The monoisotopic (exact) mass is 247 g/mol. The third-order valence-corrected chi connectivity index (χ3v) is 1.81.